The van der Waals surface area contributed by atoms with Gasteiger partial charge in [-0.1, -0.05) is 71.9 Å². The van der Waals surface area contributed by atoms with Crippen molar-refractivity contribution in [2.45, 2.75) is 31.1 Å². The lowest BCUT2D eigenvalue weighted by Crippen LogP contribution is -2.25. The average Bonchev–Trinajstić information content (AvgIpc) is 3.46. The summed E-state index contributed by atoms with van der Waals surface area (Å²) in [6.45, 7) is 2.03. The van der Waals surface area contributed by atoms with Gasteiger partial charge in [0.25, 0.3) is 5.91 Å². The molecular weight excluding hydrogens is 482 g/mol. The van der Waals surface area contributed by atoms with Crippen LogP contribution < -0.4 is 5.32 Å². The Morgan fingerprint density at radius 3 is 2.53 bits per heavy atom. The largest absolute Gasteiger partial charge is 0.326 e. The number of rotatable bonds is 5. The lowest BCUT2D eigenvalue weighted by molar-refractivity contribution is -0.121. The number of aliphatic imine (C=N–C) groups is 1. The Balaban J connectivity index is 1.33. The van der Waals surface area contributed by atoms with Crippen molar-refractivity contribution in [1.82, 2.24) is 5.01 Å². The molecule has 2 unspecified atom stereocenters. The minimum atomic E-state index is -1.06. The second kappa shape index (κ2) is 10.0. The first-order valence-corrected chi connectivity index (χ1v) is 12.3. The van der Waals surface area contributed by atoms with E-state index in [-0.39, 0.29) is 18.2 Å². The number of hydrogen-bond donors (Lipinski definition) is 1. The fourth-order valence-corrected chi connectivity index (χ4v) is 5.16. The number of benzene rings is 3. The standard InChI is InChI=1S/C27H22F2N4O2S/c1-16-7-9-17(10-8-16)22-14-23(18-5-3-2-4-6-18)33(32-22)27-31-26(35)24(36-27)15-25(34)30-19-11-12-20(28)21(29)13-19/h2-13,23-24H,14-15H2,1H3,(H,30,34). The van der Waals surface area contributed by atoms with Crippen molar-refractivity contribution in [3.63, 3.8) is 0 Å². The highest BCUT2D eigenvalue weighted by atomic mass is 32.2. The molecule has 0 saturated heterocycles. The summed E-state index contributed by atoms with van der Waals surface area (Å²) in [4.78, 5) is 29.4. The summed E-state index contributed by atoms with van der Waals surface area (Å²) in [5, 5.41) is 8.80. The van der Waals surface area contributed by atoms with E-state index < -0.39 is 28.7 Å². The molecule has 0 bridgehead atoms. The van der Waals surface area contributed by atoms with Crippen LogP contribution in [0.5, 0.6) is 0 Å². The molecule has 2 aliphatic heterocycles. The maximum absolute atomic E-state index is 13.5. The monoisotopic (exact) mass is 504 g/mol. The summed E-state index contributed by atoms with van der Waals surface area (Å²) in [5.74, 6) is -2.99. The molecule has 0 fully saturated rings. The van der Waals surface area contributed by atoms with Gasteiger partial charge in [-0.05, 0) is 30.2 Å². The fourth-order valence-electron chi connectivity index (χ4n) is 4.10. The zero-order valence-corrected chi connectivity index (χ0v) is 20.1. The molecule has 0 radical (unpaired) electrons. The molecule has 0 spiro atoms. The number of anilines is 1. The number of halogens is 2. The second-order valence-corrected chi connectivity index (χ2v) is 9.78. The number of nitrogens with zero attached hydrogens (tertiary/aromatic N) is 3. The Kier molecular flexibility index (Phi) is 6.65. The molecule has 36 heavy (non-hydrogen) atoms. The van der Waals surface area contributed by atoms with E-state index in [4.69, 9.17) is 5.10 Å². The average molecular weight is 505 g/mol. The number of aryl methyl sites for hydroxylation is 1. The van der Waals surface area contributed by atoms with Gasteiger partial charge in [-0.2, -0.15) is 10.1 Å². The predicted molar refractivity (Wildman–Crippen MR) is 137 cm³/mol. The number of hydrazone groups is 1. The summed E-state index contributed by atoms with van der Waals surface area (Å²) in [6.07, 6.45) is 0.482. The molecular formula is C27H22F2N4O2S. The quantitative estimate of drug-likeness (QED) is 0.501. The minimum Gasteiger partial charge on any atom is -0.326 e. The maximum atomic E-state index is 13.5. The highest BCUT2D eigenvalue weighted by Crippen LogP contribution is 2.38. The van der Waals surface area contributed by atoms with E-state index in [0.29, 0.717) is 11.6 Å². The van der Waals surface area contributed by atoms with Gasteiger partial charge in [0.2, 0.25) is 5.91 Å². The van der Waals surface area contributed by atoms with Crippen LogP contribution in [0.4, 0.5) is 14.5 Å². The van der Waals surface area contributed by atoms with Crippen LogP contribution in [0.25, 0.3) is 0 Å². The number of amidine groups is 1. The second-order valence-electron chi connectivity index (χ2n) is 8.61. The first-order chi connectivity index (χ1) is 17.4. The number of hydrogen-bond acceptors (Lipinski definition) is 5. The molecule has 0 aliphatic carbocycles. The summed E-state index contributed by atoms with van der Waals surface area (Å²) >= 11 is 1.18. The maximum Gasteiger partial charge on any atom is 0.262 e. The van der Waals surface area contributed by atoms with Gasteiger partial charge in [0.1, 0.15) is 5.25 Å². The molecule has 5 rings (SSSR count). The molecule has 2 amide bonds. The van der Waals surface area contributed by atoms with Crippen molar-refractivity contribution in [2.24, 2.45) is 10.1 Å². The lowest BCUT2D eigenvalue weighted by Gasteiger charge is -2.23. The van der Waals surface area contributed by atoms with E-state index in [2.05, 4.69) is 10.3 Å². The number of carbonyl (C=O) groups is 2. The van der Waals surface area contributed by atoms with Crippen molar-refractivity contribution in [2.75, 3.05) is 5.32 Å². The molecule has 2 aliphatic rings. The van der Waals surface area contributed by atoms with Crippen LogP contribution in [0.2, 0.25) is 0 Å². The summed E-state index contributed by atoms with van der Waals surface area (Å²) in [7, 11) is 0. The zero-order valence-electron chi connectivity index (χ0n) is 19.3. The van der Waals surface area contributed by atoms with Crippen LogP contribution in [-0.2, 0) is 9.59 Å². The molecule has 3 aromatic rings. The highest BCUT2D eigenvalue weighted by Gasteiger charge is 2.39. The highest BCUT2D eigenvalue weighted by molar-refractivity contribution is 8.15. The van der Waals surface area contributed by atoms with Gasteiger partial charge in [-0.3, -0.25) is 9.59 Å². The van der Waals surface area contributed by atoms with E-state index in [1.165, 1.54) is 17.8 Å². The van der Waals surface area contributed by atoms with E-state index in [1.807, 2.05) is 61.5 Å². The van der Waals surface area contributed by atoms with Crippen LogP contribution >= 0.6 is 11.8 Å². The van der Waals surface area contributed by atoms with E-state index in [0.717, 1.165) is 34.5 Å². The normalized spacial score (nSPS) is 19.3. The molecule has 9 heteroatoms. The molecule has 2 heterocycles. The SMILES string of the molecule is Cc1ccc(C2=NN(C3=NC(=O)C(CC(=O)Nc4ccc(F)c(F)c4)S3)C(c3ccccc3)C2)cc1. The number of amides is 2. The topological polar surface area (TPSA) is 74.1 Å². The third-order valence-corrected chi connectivity index (χ3v) is 7.12. The Hall–Kier alpha value is -3.85. The van der Waals surface area contributed by atoms with Crippen LogP contribution in [-0.4, -0.2) is 33.0 Å². The predicted octanol–water partition coefficient (Wildman–Crippen LogP) is 5.45. The molecule has 1 N–H and O–H groups in total. The minimum absolute atomic E-state index is 0.117. The number of carbonyl (C=O) groups excluding carboxylic acids is 2. The van der Waals surface area contributed by atoms with Crippen molar-refractivity contribution in [3.05, 3.63) is 101 Å². The van der Waals surface area contributed by atoms with Gasteiger partial charge in [-0.15, -0.1) is 0 Å². The van der Waals surface area contributed by atoms with Gasteiger partial charge in [0.05, 0.1) is 11.8 Å². The Labute approximate surface area is 211 Å². The molecule has 182 valence electrons. The smallest absolute Gasteiger partial charge is 0.262 e. The van der Waals surface area contributed by atoms with Crippen molar-refractivity contribution in [1.29, 1.82) is 0 Å². The third-order valence-electron chi connectivity index (χ3n) is 5.98. The van der Waals surface area contributed by atoms with E-state index in [1.54, 1.807) is 5.01 Å². The van der Waals surface area contributed by atoms with Crippen molar-refractivity contribution < 1.29 is 18.4 Å². The summed E-state index contributed by atoms with van der Waals surface area (Å²) < 4.78 is 26.6. The fraction of sp³-hybridized carbons (Fsp3) is 0.185. The van der Waals surface area contributed by atoms with Crippen molar-refractivity contribution in [3.8, 4) is 0 Å². The van der Waals surface area contributed by atoms with Gasteiger partial charge >= 0.3 is 0 Å². The first kappa shape index (κ1) is 23.9. The van der Waals surface area contributed by atoms with Crippen molar-refractivity contribution >= 4 is 40.1 Å². The van der Waals surface area contributed by atoms with Gasteiger partial charge in [-0.25, -0.2) is 13.8 Å². The third kappa shape index (κ3) is 5.06. The van der Waals surface area contributed by atoms with Crippen LogP contribution in [0, 0.1) is 18.6 Å². The van der Waals surface area contributed by atoms with Gasteiger partial charge in [0, 0.05) is 24.6 Å². The number of thioether (sulfide) groups is 1. The summed E-state index contributed by atoms with van der Waals surface area (Å²) in [6, 6.07) is 21.0. The molecule has 6 nitrogen and oxygen atoms in total. The lowest BCUT2D eigenvalue weighted by atomic mass is 9.98. The van der Waals surface area contributed by atoms with Crippen LogP contribution in [0.1, 0.15) is 35.6 Å². The zero-order chi connectivity index (χ0) is 25.2. The number of nitrogens with one attached hydrogen (secondary N) is 1. The molecule has 0 saturated carbocycles. The van der Waals surface area contributed by atoms with Gasteiger partial charge < -0.3 is 5.32 Å². The molecule has 0 aromatic heterocycles. The molecule has 3 aromatic carbocycles. The first-order valence-electron chi connectivity index (χ1n) is 11.4. The Morgan fingerprint density at radius 1 is 1.06 bits per heavy atom. The van der Waals surface area contributed by atoms with Crippen LogP contribution in [0.3, 0.4) is 0 Å². The Morgan fingerprint density at radius 2 is 1.81 bits per heavy atom. The van der Waals surface area contributed by atoms with Gasteiger partial charge in [0.15, 0.2) is 16.8 Å². The van der Waals surface area contributed by atoms with E-state index >= 15 is 0 Å². The molecule has 2 atom stereocenters. The summed E-state index contributed by atoms with van der Waals surface area (Å²) in [5.41, 5.74) is 4.20. The van der Waals surface area contributed by atoms with Crippen LogP contribution in [0.15, 0.2) is 82.9 Å². The van der Waals surface area contributed by atoms with E-state index in [9.17, 15) is 18.4 Å². The Bertz CT molecular complexity index is 1380.